The van der Waals surface area contributed by atoms with Gasteiger partial charge in [-0.1, -0.05) is 66.4 Å². The zero-order chi connectivity index (χ0) is 15.8. The van der Waals surface area contributed by atoms with Crippen LogP contribution in [0.3, 0.4) is 0 Å². The van der Waals surface area contributed by atoms with Gasteiger partial charge in [0.15, 0.2) is 0 Å². The largest absolute Gasteiger partial charge is 0.462 e. The summed E-state index contributed by atoms with van der Waals surface area (Å²) in [5.41, 5.74) is 4.85. The molecule has 0 saturated carbocycles. The van der Waals surface area contributed by atoms with Crippen LogP contribution in [0.15, 0.2) is 12.7 Å². The molecule has 2 heteroatoms. The van der Waals surface area contributed by atoms with Crippen LogP contribution in [-0.4, -0.2) is 11.7 Å². The number of aliphatic hydroxyl groups excluding tert-OH is 1. The molecule has 0 atom stereocenters. The second-order valence-electron chi connectivity index (χ2n) is 3.69. The van der Waals surface area contributed by atoms with Gasteiger partial charge in [0.2, 0.25) is 0 Å². The van der Waals surface area contributed by atoms with E-state index >= 15 is 0 Å². The van der Waals surface area contributed by atoms with Crippen molar-refractivity contribution in [2.24, 2.45) is 11.7 Å². The Bertz CT molecular complexity index is 135. The molecule has 0 bridgehead atoms. The maximum atomic E-state index is 7.51. The number of hydrogen-bond acceptors (Lipinski definition) is 2. The highest BCUT2D eigenvalue weighted by Gasteiger charge is 1.80. The zero-order valence-electron chi connectivity index (χ0n) is 14.0. The number of allylic oxidation sites excluding steroid dienone is 1. The van der Waals surface area contributed by atoms with E-state index in [0.29, 0.717) is 0 Å². The summed E-state index contributed by atoms with van der Waals surface area (Å²) in [4.78, 5) is 0. The monoisotopic (exact) mass is 259 g/mol. The van der Waals surface area contributed by atoms with Gasteiger partial charge in [0, 0.05) is 6.92 Å². The van der Waals surface area contributed by atoms with Gasteiger partial charge in [-0.25, -0.2) is 0 Å². The molecule has 0 spiro atoms. The van der Waals surface area contributed by atoms with Gasteiger partial charge in [-0.2, -0.15) is 0 Å². The smallest absolute Gasteiger partial charge is 0.107 e. The van der Waals surface area contributed by atoms with Crippen molar-refractivity contribution in [2.45, 2.75) is 68.2 Å². The summed E-state index contributed by atoms with van der Waals surface area (Å²) in [6, 6.07) is 0. The number of aliphatic hydroxyl groups is 1. The Morgan fingerprint density at radius 2 is 1.33 bits per heavy atom. The topological polar surface area (TPSA) is 46.2 Å². The summed E-state index contributed by atoms with van der Waals surface area (Å²) in [5.74, 6) is 3.12. The van der Waals surface area contributed by atoms with Crippen LogP contribution in [0.25, 0.3) is 0 Å². The zero-order valence-corrected chi connectivity index (χ0v) is 14.0. The molecular weight excluding hydrogens is 222 g/mol. The summed E-state index contributed by atoms with van der Waals surface area (Å²) in [7, 11) is 0. The van der Waals surface area contributed by atoms with Gasteiger partial charge in [-0.05, 0) is 19.4 Å². The molecule has 0 radical (unpaired) electrons. The molecule has 0 aliphatic heterocycles. The Hall–Kier alpha value is -0.940. The highest BCUT2D eigenvalue weighted by Crippen LogP contribution is 1.93. The molecule has 18 heavy (non-hydrogen) atoms. The third-order valence-electron chi connectivity index (χ3n) is 0.928. The Morgan fingerprint density at radius 3 is 1.33 bits per heavy atom. The van der Waals surface area contributed by atoms with E-state index in [4.69, 9.17) is 10.8 Å². The summed E-state index contributed by atoms with van der Waals surface area (Å²) in [5, 5.41) is 7.51. The maximum absolute atomic E-state index is 7.51. The molecule has 0 amide bonds. The van der Waals surface area contributed by atoms with E-state index in [-0.39, 0.29) is 0 Å². The Kier molecular flexibility index (Phi) is 94.2. The van der Waals surface area contributed by atoms with Gasteiger partial charge in [0.1, 0.15) is 6.11 Å². The molecule has 0 unspecified atom stereocenters. The molecule has 0 aliphatic rings. The Labute approximate surface area is 117 Å². The number of rotatable bonds is 1. The minimum atomic E-state index is 0.750. The predicted octanol–water partition coefficient (Wildman–Crippen LogP) is 4.97. The van der Waals surface area contributed by atoms with E-state index in [1.807, 2.05) is 13.8 Å². The van der Waals surface area contributed by atoms with Crippen LogP contribution in [0.4, 0.5) is 0 Å². The van der Waals surface area contributed by atoms with Gasteiger partial charge in [-0.3, -0.25) is 0 Å². The maximum Gasteiger partial charge on any atom is 0.107 e. The van der Waals surface area contributed by atoms with Crippen molar-refractivity contribution in [3.8, 4) is 12.0 Å². The second kappa shape index (κ2) is 56.1. The summed E-state index contributed by atoms with van der Waals surface area (Å²) in [6.07, 6.45) is 5.99. The third-order valence-corrected chi connectivity index (χ3v) is 0.928. The fraction of sp³-hybridized carbons (Fsp3) is 0.750. The van der Waals surface area contributed by atoms with Gasteiger partial charge >= 0.3 is 0 Å². The van der Waals surface area contributed by atoms with Crippen LogP contribution >= 0.6 is 0 Å². The normalized spacial score (nSPS) is 6.11. The minimum absolute atomic E-state index is 0.750. The van der Waals surface area contributed by atoms with E-state index < -0.39 is 0 Å². The fourth-order valence-electron chi connectivity index (χ4n) is 0. The third kappa shape index (κ3) is 702. The molecule has 3 N–H and O–H groups in total. The van der Waals surface area contributed by atoms with Crippen molar-refractivity contribution in [2.75, 3.05) is 6.54 Å². The van der Waals surface area contributed by atoms with Crippen molar-refractivity contribution in [1.82, 2.24) is 0 Å². The molecule has 0 fully saturated rings. The van der Waals surface area contributed by atoms with Crippen LogP contribution in [0.2, 0.25) is 0 Å². The summed E-state index contributed by atoms with van der Waals surface area (Å²) in [6.45, 7) is 20.4. The lowest BCUT2D eigenvalue weighted by Gasteiger charge is -1.90. The second-order valence-corrected chi connectivity index (χ2v) is 3.69. The Balaban J connectivity index is -0.0000000400. The molecule has 0 aromatic rings. The van der Waals surface area contributed by atoms with E-state index in [1.165, 1.54) is 12.8 Å². The number of hydrogen-bond donors (Lipinski definition) is 2. The average molecular weight is 259 g/mol. The molecule has 2 nitrogen and oxygen atoms in total. The van der Waals surface area contributed by atoms with Crippen LogP contribution in [0.1, 0.15) is 68.2 Å². The molecule has 0 aromatic carbocycles. The van der Waals surface area contributed by atoms with Gasteiger partial charge in [0.25, 0.3) is 0 Å². The van der Waals surface area contributed by atoms with Crippen LogP contribution in [0, 0.1) is 17.9 Å². The van der Waals surface area contributed by atoms with Crippen molar-refractivity contribution in [3.05, 3.63) is 12.7 Å². The first-order valence-electron chi connectivity index (χ1n) is 6.76. The van der Waals surface area contributed by atoms with Crippen LogP contribution in [0.5, 0.6) is 0 Å². The van der Waals surface area contributed by atoms with Crippen molar-refractivity contribution < 1.29 is 5.11 Å². The molecule has 0 rings (SSSR count). The lowest BCUT2D eigenvalue weighted by atomic mass is 10.2. The molecular formula is C16H37NO. The quantitative estimate of drug-likeness (QED) is 0.516. The fourth-order valence-corrected chi connectivity index (χ4v) is 0. The summed E-state index contributed by atoms with van der Waals surface area (Å²) < 4.78 is 0. The van der Waals surface area contributed by atoms with Gasteiger partial charge in [0.05, 0.1) is 0 Å². The van der Waals surface area contributed by atoms with Gasteiger partial charge in [-0.15, -0.1) is 6.58 Å². The predicted molar refractivity (Wildman–Crippen MR) is 87.1 cm³/mol. The standard InChI is InChI=1S/C5H12.C3H4O.C3H8.C3H6.C2H7N/c1-4-5(2)3;1-2-3-4;2*1-3-2;1-2-3/h5H,4H2,1-3H3;4H,1H3;3H2,1-2H3;3H,1H2,2H3;2-3H2,1H3. The SMILES string of the molecule is C=CC.CC#CO.CCC.CCC(C)C.CCN. The van der Waals surface area contributed by atoms with E-state index in [1.54, 1.807) is 19.1 Å². The first-order chi connectivity index (χ1) is 8.43. The molecule has 0 aromatic heterocycles. The molecule has 112 valence electrons. The van der Waals surface area contributed by atoms with E-state index in [9.17, 15) is 0 Å². The van der Waals surface area contributed by atoms with Crippen molar-refractivity contribution in [1.29, 1.82) is 0 Å². The Morgan fingerprint density at radius 1 is 1.22 bits per heavy atom. The highest BCUT2D eigenvalue weighted by molar-refractivity contribution is 4.81. The van der Waals surface area contributed by atoms with Crippen LogP contribution in [-0.2, 0) is 0 Å². The minimum Gasteiger partial charge on any atom is -0.462 e. The summed E-state index contributed by atoms with van der Waals surface area (Å²) >= 11 is 0. The highest BCUT2D eigenvalue weighted by atomic mass is 16.2. The van der Waals surface area contributed by atoms with E-state index in [0.717, 1.165) is 12.5 Å². The number of nitrogens with two attached hydrogens (primary N) is 1. The molecule has 0 heterocycles. The molecule has 0 aliphatic carbocycles. The lowest BCUT2D eigenvalue weighted by molar-refractivity contribution is 0.517. The average Bonchev–Trinajstić information content (AvgIpc) is 2.32. The van der Waals surface area contributed by atoms with Crippen LogP contribution < -0.4 is 5.73 Å². The first-order valence-corrected chi connectivity index (χ1v) is 6.76. The first kappa shape index (κ1) is 30.3. The molecule has 0 saturated heterocycles. The van der Waals surface area contributed by atoms with E-state index in [2.05, 4.69) is 47.1 Å². The van der Waals surface area contributed by atoms with Gasteiger partial charge < -0.3 is 10.8 Å². The van der Waals surface area contributed by atoms with Crippen molar-refractivity contribution in [3.63, 3.8) is 0 Å². The lowest BCUT2D eigenvalue weighted by Crippen LogP contribution is -1.87. The van der Waals surface area contributed by atoms with Crippen molar-refractivity contribution >= 4 is 0 Å².